The number of anilines is 1. The maximum atomic E-state index is 14.2. The van der Waals surface area contributed by atoms with Crippen LogP contribution in [0.3, 0.4) is 0 Å². The summed E-state index contributed by atoms with van der Waals surface area (Å²) in [6.45, 7) is 2.63. The van der Waals surface area contributed by atoms with Gasteiger partial charge in [-0.3, -0.25) is 4.79 Å². The van der Waals surface area contributed by atoms with Crippen molar-refractivity contribution in [2.75, 3.05) is 38.1 Å². The Morgan fingerprint density at radius 1 is 1.39 bits per heavy atom. The lowest BCUT2D eigenvalue weighted by molar-refractivity contribution is 0.0999. The number of nitrogens with two attached hydrogens (primary N) is 1. The molecule has 2 fully saturated rings. The molecule has 7 nitrogen and oxygen atoms in total. The summed E-state index contributed by atoms with van der Waals surface area (Å²) in [5.74, 6) is -1.06. The molecular formula is C15H20FN5O2. The Hall–Kier alpha value is -2.38. The van der Waals surface area contributed by atoms with Crippen LogP contribution < -0.4 is 10.6 Å². The van der Waals surface area contributed by atoms with Crippen molar-refractivity contribution in [2.45, 2.75) is 18.9 Å². The van der Waals surface area contributed by atoms with Crippen molar-refractivity contribution in [1.82, 2.24) is 14.8 Å². The minimum atomic E-state index is -0.704. The fourth-order valence-electron chi connectivity index (χ4n) is 3.21. The zero-order valence-electron chi connectivity index (χ0n) is 13.0. The zero-order valence-corrected chi connectivity index (χ0v) is 13.0. The molecule has 2 aliphatic rings. The molecule has 2 N–H and O–H groups in total. The Morgan fingerprint density at radius 2 is 2.17 bits per heavy atom. The number of halogens is 1. The van der Waals surface area contributed by atoms with Gasteiger partial charge in [0.25, 0.3) is 0 Å². The van der Waals surface area contributed by atoms with Crippen molar-refractivity contribution in [1.29, 1.82) is 0 Å². The van der Waals surface area contributed by atoms with Gasteiger partial charge in [0.2, 0.25) is 5.91 Å². The first kappa shape index (κ1) is 15.5. The first-order valence-electron chi connectivity index (χ1n) is 7.69. The molecule has 0 saturated carbocycles. The van der Waals surface area contributed by atoms with Gasteiger partial charge in [0.05, 0.1) is 11.6 Å². The molecule has 3 rings (SSSR count). The smallest absolute Gasteiger partial charge is 0.320 e. The number of pyridine rings is 1. The summed E-state index contributed by atoms with van der Waals surface area (Å²) >= 11 is 0. The van der Waals surface area contributed by atoms with Crippen LogP contribution in [0, 0.1) is 5.82 Å². The van der Waals surface area contributed by atoms with Crippen LogP contribution in [0.4, 0.5) is 15.0 Å². The van der Waals surface area contributed by atoms with Crippen molar-refractivity contribution in [3.63, 3.8) is 0 Å². The highest BCUT2D eigenvalue weighted by Gasteiger charge is 2.34. The SMILES string of the molecule is CN1CCN(C2CCCN(c3ncc(C(N)=O)cc3F)C2)C1=O. The molecule has 124 valence electrons. The molecule has 1 aromatic heterocycles. The fraction of sp³-hybridized carbons (Fsp3) is 0.533. The van der Waals surface area contributed by atoms with E-state index in [0.29, 0.717) is 19.6 Å². The average Bonchev–Trinajstić information content (AvgIpc) is 2.87. The van der Waals surface area contributed by atoms with E-state index in [1.165, 1.54) is 6.20 Å². The highest BCUT2D eigenvalue weighted by Crippen LogP contribution is 2.25. The lowest BCUT2D eigenvalue weighted by Gasteiger charge is -2.38. The maximum Gasteiger partial charge on any atom is 0.320 e. The normalized spacial score (nSPS) is 21.9. The zero-order chi connectivity index (χ0) is 16.6. The largest absolute Gasteiger partial charge is 0.366 e. The van der Waals surface area contributed by atoms with Gasteiger partial charge in [-0.2, -0.15) is 0 Å². The third-order valence-corrected chi connectivity index (χ3v) is 4.49. The summed E-state index contributed by atoms with van der Waals surface area (Å²) in [6.07, 6.45) is 3.05. The molecule has 3 amide bonds. The Balaban J connectivity index is 1.76. The molecule has 2 aliphatic heterocycles. The Morgan fingerprint density at radius 3 is 2.78 bits per heavy atom. The molecule has 0 radical (unpaired) electrons. The monoisotopic (exact) mass is 321 g/mol. The van der Waals surface area contributed by atoms with Crippen LogP contribution in [0.15, 0.2) is 12.3 Å². The summed E-state index contributed by atoms with van der Waals surface area (Å²) < 4.78 is 14.2. The molecule has 1 unspecified atom stereocenters. The van der Waals surface area contributed by atoms with Crippen molar-refractivity contribution >= 4 is 17.8 Å². The van der Waals surface area contributed by atoms with Gasteiger partial charge in [0.1, 0.15) is 0 Å². The molecule has 0 bridgehead atoms. The minimum Gasteiger partial charge on any atom is -0.366 e. The lowest BCUT2D eigenvalue weighted by atomic mass is 10.0. The molecule has 23 heavy (non-hydrogen) atoms. The van der Waals surface area contributed by atoms with Crippen LogP contribution >= 0.6 is 0 Å². The first-order chi connectivity index (χ1) is 11.0. The predicted octanol–water partition coefficient (Wildman–Crippen LogP) is 0.656. The van der Waals surface area contributed by atoms with Crippen molar-refractivity contribution in [2.24, 2.45) is 5.73 Å². The van der Waals surface area contributed by atoms with Gasteiger partial charge < -0.3 is 20.4 Å². The third-order valence-electron chi connectivity index (χ3n) is 4.49. The number of primary amides is 1. The van der Waals surface area contributed by atoms with Crippen molar-refractivity contribution in [3.8, 4) is 0 Å². The average molecular weight is 321 g/mol. The third kappa shape index (κ3) is 2.93. The number of nitrogens with zero attached hydrogens (tertiary/aromatic N) is 4. The number of amides is 3. The van der Waals surface area contributed by atoms with Crippen LogP contribution in [-0.4, -0.2) is 66.0 Å². The number of aromatic nitrogens is 1. The van der Waals surface area contributed by atoms with E-state index in [-0.39, 0.29) is 23.5 Å². The number of likely N-dealkylation sites (N-methyl/N-ethyl adjacent to an activating group) is 1. The first-order valence-corrected chi connectivity index (χ1v) is 7.69. The lowest BCUT2D eigenvalue weighted by Crippen LogP contribution is -2.49. The number of hydrogen-bond acceptors (Lipinski definition) is 4. The number of carbonyl (C=O) groups is 2. The van der Waals surface area contributed by atoms with E-state index in [4.69, 9.17) is 5.73 Å². The quantitative estimate of drug-likeness (QED) is 0.886. The number of piperidine rings is 1. The Labute approximate surface area is 133 Å². The fourth-order valence-corrected chi connectivity index (χ4v) is 3.21. The van der Waals surface area contributed by atoms with E-state index in [1.807, 2.05) is 9.80 Å². The number of urea groups is 1. The van der Waals surface area contributed by atoms with E-state index in [9.17, 15) is 14.0 Å². The van der Waals surface area contributed by atoms with Crippen LogP contribution in [0.25, 0.3) is 0 Å². The van der Waals surface area contributed by atoms with Crippen LogP contribution in [0.1, 0.15) is 23.2 Å². The number of rotatable bonds is 3. The van der Waals surface area contributed by atoms with Gasteiger partial charge in [-0.25, -0.2) is 14.2 Å². The van der Waals surface area contributed by atoms with E-state index < -0.39 is 11.7 Å². The molecule has 8 heteroatoms. The number of carbonyl (C=O) groups excluding carboxylic acids is 2. The summed E-state index contributed by atoms with van der Waals surface area (Å²) in [5, 5.41) is 0. The standard InChI is InChI=1S/C15H20FN5O2/c1-19-5-6-21(15(19)23)11-3-2-4-20(9-11)14-12(16)7-10(8-18-14)13(17)22/h7-8,11H,2-6,9H2,1H3,(H2,17,22). The van der Waals surface area contributed by atoms with Crippen molar-refractivity contribution in [3.05, 3.63) is 23.6 Å². The molecule has 0 spiro atoms. The van der Waals surface area contributed by atoms with E-state index in [0.717, 1.165) is 25.5 Å². The summed E-state index contributed by atoms with van der Waals surface area (Å²) in [4.78, 5) is 32.6. The van der Waals surface area contributed by atoms with E-state index in [1.54, 1.807) is 11.9 Å². The Bertz CT molecular complexity index is 638. The molecule has 3 heterocycles. The van der Waals surface area contributed by atoms with Gasteiger partial charge >= 0.3 is 6.03 Å². The highest BCUT2D eigenvalue weighted by atomic mass is 19.1. The van der Waals surface area contributed by atoms with E-state index >= 15 is 0 Å². The molecular weight excluding hydrogens is 301 g/mol. The second-order valence-corrected chi connectivity index (χ2v) is 6.03. The van der Waals surface area contributed by atoms with Gasteiger partial charge in [-0.15, -0.1) is 0 Å². The molecule has 2 saturated heterocycles. The molecule has 0 aliphatic carbocycles. The van der Waals surface area contributed by atoms with Crippen molar-refractivity contribution < 1.29 is 14.0 Å². The Kier molecular flexibility index (Phi) is 4.06. The van der Waals surface area contributed by atoms with Gasteiger partial charge in [0, 0.05) is 39.4 Å². The number of hydrogen-bond donors (Lipinski definition) is 1. The summed E-state index contributed by atoms with van der Waals surface area (Å²) in [5.41, 5.74) is 5.19. The highest BCUT2D eigenvalue weighted by molar-refractivity contribution is 5.92. The van der Waals surface area contributed by atoms with Gasteiger partial charge in [0.15, 0.2) is 11.6 Å². The minimum absolute atomic E-state index is 0.0226. The van der Waals surface area contributed by atoms with Gasteiger partial charge in [-0.1, -0.05) is 0 Å². The molecule has 1 atom stereocenters. The van der Waals surface area contributed by atoms with Crippen LogP contribution in [-0.2, 0) is 0 Å². The topological polar surface area (TPSA) is 82.8 Å². The predicted molar refractivity (Wildman–Crippen MR) is 82.7 cm³/mol. The summed E-state index contributed by atoms with van der Waals surface area (Å²) in [6, 6.07) is 1.19. The van der Waals surface area contributed by atoms with Crippen LogP contribution in [0.5, 0.6) is 0 Å². The van der Waals surface area contributed by atoms with E-state index in [2.05, 4.69) is 4.98 Å². The molecule has 1 aromatic rings. The summed E-state index contributed by atoms with van der Waals surface area (Å²) in [7, 11) is 1.78. The molecule has 0 aromatic carbocycles. The van der Waals surface area contributed by atoms with Gasteiger partial charge in [-0.05, 0) is 18.9 Å². The second-order valence-electron chi connectivity index (χ2n) is 6.03. The maximum absolute atomic E-state index is 14.2. The van der Waals surface area contributed by atoms with Crippen LogP contribution in [0.2, 0.25) is 0 Å². The second kappa shape index (κ2) is 6.02.